The summed E-state index contributed by atoms with van der Waals surface area (Å²) in [6, 6.07) is 0.606. The maximum Gasteiger partial charge on any atom is 0.309 e. The Hall–Kier alpha value is -0.610. The van der Waals surface area contributed by atoms with Crippen molar-refractivity contribution in [3.63, 3.8) is 0 Å². The van der Waals surface area contributed by atoms with Gasteiger partial charge in [-0.1, -0.05) is 12.8 Å². The van der Waals surface area contributed by atoms with Gasteiger partial charge in [-0.15, -0.1) is 0 Å². The first kappa shape index (κ1) is 14.3. The Labute approximate surface area is 121 Å². The lowest BCUT2D eigenvalue weighted by Gasteiger charge is -2.45. The van der Waals surface area contributed by atoms with E-state index in [1.54, 1.807) is 0 Å². The maximum absolute atomic E-state index is 11.8. The summed E-state index contributed by atoms with van der Waals surface area (Å²) in [5, 5.41) is 0. The molecule has 3 aliphatic rings. The summed E-state index contributed by atoms with van der Waals surface area (Å²) in [4.78, 5) is 14.3. The van der Waals surface area contributed by atoms with E-state index in [0.717, 1.165) is 39.0 Å². The highest BCUT2D eigenvalue weighted by Crippen LogP contribution is 2.41. The van der Waals surface area contributed by atoms with Crippen LogP contribution in [0.25, 0.3) is 0 Å². The molecule has 1 spiro atoms. The zero-order valence-electron chi connectivity index (χ0n) is 12.6. The van der Waals surface area contributed by atoms with Gasteiger partial charge in [0.15, 0.2) is 0 Å². The molecule has 3 rings (SSSR count). The Morgan fingerprint density at radius 2 is 2.05 bits per heavy atom. The SMILES string of the molecule is COC(=O)C1CCCN(C2CCOC3(CCCC3)C2)C1. The number of nitrogens with zero attached hydrogens (tertiary/aromatic N) is 1. The van der Waals surface area contributed by atoms with E-state index in [4.69, 9.17) is 9.47 Å². The van der Waals surface area contributed by atoms with Gasteiger partial charge >= 0.3 is 5.97 Å². The number of rotatable bonds is 2. The van der Waals surface area contributed by atoms with Crippen LogP contribution in [0.15, 0.2) is 0 Å². The Balaban J connectivity index is 1.61. The molecule has 0 aromatic carbocycles. The smallest absolute Gasteiger partial charge is 0.309 e. The molecule has 0 bridgehead atoms. The van der Waals surface area contributed by atoms with Gasteiger partial charge in [0.25, 0.3) is 0 Å². The highest BCUT2D eigenvalue weighted by atomic mass is 16.5. The van der Waals surface area contributed by atoms with Crippen molar-refractivity contribution in [1.82, 2.24) is 4.90 Å². The van der Waals surface area contributed by atoms with Gasteiger partial charge in [-0.25, -0.2) is 0 Å². The zero-order valence-corrected chi connectivity index (χ0v) is 12.6. The van der Waals surface area contributed by atoms with Crippen molar-refractivity contribution in [3.05, 3.63) is 0 Å². The summed E-state index contributed by atoms with van der Waals surface area (Å²) in [6.45, 7) is 2.91. The first-order valence-electron chi connectivity index (χ1n) is 8.18. The second-order valence-corrected chi connectivity index (χ2v) is 6.74. The normalized spacial score (nSPS) is 34.2. The second kappa shape index (κ2) is 6.02. The summed E-state index contributed by atoms with van der Waals surface area (Å²) in [5.74, 6) is 0.0495. The molecule has 0 N–H and O–H groups in total. The molecule has 20 heavy (non-hydrogen) atoms. The minimum absolute atomic E-state index is 0.0302. The number of methoxy groups -OCH3 is 1. The van der Waals surface area contributed by atoms with E-state index < -0.39 is 0 Å². The Morgan fingerprint density at radius 3 is 2.80 bits per heavy atom. The van der Waals surface area contributed by atoms with Crippen LogP contribution in [0.3, 0.4) is 0 Å². The monoisotopic (exact) mass is 281 g/mol. The van der Waals surface area contributed by atoms with Gasteiger partial charge in [-0.05, 0) is 45.1 Å². The van der Waals surface area contributed by atoms with E-state index in [1.165, 1.54) is 39.2 Å². The Morgan fingerprint density at radius 1 is 1.25 bits per heavy atom. The second-order valence-electron chi connectivity index (χ2n) is 6.74. The molecular formula is C16H27NO3. The fourth-order valence-corrected chi connectivity index (χ4v) is 4.38. The number of hydrogen-bond donors (Lipinski definition) is 0. The molecule has 0 amide bonds. The highest BCUT2D eigenvalue weighted by molar-refractivity contribution is 5.72. The molecular weight excluding hydrogens is 254 g/mol. The van der Waals surface area contributed by atoms with E-state index in [-0.39, 0.29) is 17.5 Å². The van der Waals surface area contributed by atoms with Crippen molar-refractivity contribution < 1.29 is 14.3 Å². The first-order valence-corrected chi connectivity index (χ1v) is 8.18. The molecule has 2 atom stereocenters. The molecule has 1 aliphatic carbocycles. The van der Waals surface area contributed by atoms with Crippen molar-refractivity contribution >= 4 is 5.97 Å². The van der Waals surface area contributed by atoms with Crippen LogP contribution in [0.4, 0.5) is 0 Å². The third kappa shape index (κ3) is 2.86. The lowest BCUT2D eigenvalue weighted by atomic mass is 9.86. The van der Waals surface area contributed by atoms with E-state index in [1.807, 2.05) is 0 Å². The summed E-state index contributed by atoms with van der Waals surface area (Å²) < 4.78 is 11.1. The largest absolute Gasteiger partial charge is 0.469 e. The topological polar surface area (TPSA) is 38.8 Å². The zero-order chi connectivity index (χ0) is 14.0. The van der Waals surface area contributed by atoms with Crippen molar-refractivity contribution in [3.8, 4) is 0 Å². The molecule has 2 saturated heterocycles. The molecule has 3 fully saturated rings. The molecule has 2 unspecified atom stereocenters. The fraction of sp³-hybridized carbons (Fsp3) is 0.938. The van der Waals surface area contributed by atoms with Crippen LogP contribution in [0.1, 0.15) is 51.4 Å². The minimum atomic E-state index is -0.0302. The van der Waals surface area contributed by atoms with Crippen LogP contribution in [0.5, 0.6) is 0 Å². The summed E-state index contributed by atoms with van der Waals surface area (Å²) in [5.41, 5.74) is 0.168. The average molecular weight is 281 g/mol. The molecule has 0 aromatic heterocycles. The van der Waals surface area contributed by atoms with E-state index in [9.17, 15) is 4.79 Å². The number of piperidine rings is 1. The predicted octanol–water partition coefficient (Wildman–Crippen LogP) is 2.36. The molecule has 0 aromatic rings. The molecule has 4 nitrogen and oxygen atoms in total. The van der Waals surface area contributed by atoms with Gasteiger partial charge in [0.05, 0.1) is 18.6 Å². The Bertz CT molecular complexity index is 352. The van der Waals surface area contributed by atoms with Gasteiger partial charge in [0.1, 0.15) is 0 Å². The average Bonchev–Trinajstić information content (AvgIpc) is 2.94. The van der Waals surface area contributed by atoms with Crippen LogP contribution in [-0.4, -0.2) is 49.3 Å². The lowest BCUT2D eigenvalue weighted by Crippen LogP contribution is -2.51. The standard InChI is InChI=1S/C16H27NO3/c1-19-15(18)13-5-4-9-17(12-13)14-6-10-20-16(11-14)7-2-3-8-16/h13-14H,2-12H2,1H3. The molecule has 4 heteroatoms. The quantitative estimate of drug-likeness (QED) is 0.728. The van der Waals surface area contributed by atoms with Crippen LogP contribution in [0.2, 0.25) is 0 Å². The van der Waals surface area contributed by atoms with E-state index in [0.29, 0.717) is 6.04 Å². The van der Waals surface area contributed by atoms with Crippen molar-refractivity contribution in [1.29, 1.82) is 0 Å². The van der Waals surface area contributed by atoms with Gasteiger partial charge in [0, 0.05) is 19.2 Å². The van der Waals surface area contributed by atoms with E-state index >= 15 is 0 Å². The van der Waals surface area contributed by atoms with Crippen LogP contribution >= 0.6 is 0 Å². The molecule has 2 aliphatic heterocycles. The summed E-state index contributed by atoms with van der Waals surface area (Å²) >= 11 is 0. The van der Waals surface area contributed by atoms with Crippen molar-refractivity contribution in [2.75, 3.05) is 26.8 Å². The minimum Gasteiger partial charge on any atom is -0.469 e. The Kier molecular flexibility index (Phi) is 4.32. The number of carbonyl (C=O) groups excluding carboxylic acids is 1. The number of carbonyl (C=O) groups is 1. The fourth-order valence-electron chi connectivity index (χ4n) is 4.38. The molecule has 2 heterocycles. The molecule has 1 saturated carbocycles. The summed E-state index contributed by atoms with van der Waals surface area (Å²) in [7, 11) is 1.50. The van der Waals surface area contributed by atoms with Gasteiger partial charge in [-0.2, -0.15) is 0 Å². The number of hydrogen-bond acceptors (Lipinski definition) is 4. The van der Waals surface area contributed by atoms with E-state index in [2.05, 4.69) is 4.90 Å². The highest BCUT2D eigenvalue weighted by Gasteiger charge is 2.42. The first-order chi connectivity index (χ1) is 9.72. The van der Waals surface area contributed by atoms with Crippen molar-refractivity contribution in [2.24, 2.45) is 5.92 Å². The maximum atomic E-state index is 11.8. The number of likely N-dealkylation sites (tertiary alicyclic amines) is 1. The van der Waals surface area contributed by atoms with Gasteiger partial charge < -0.3 is 9.47 Å². The predicted molar refractivity (Wildman–Crippen MR) is 76.5 cm³/mol. The number of esters is 1. The van der Waals surface area contributed by atoms with Crippen LogP contribution in [0, 0.1) is 5.92 Å². The third-order valence-corrected chi connectivity index (χ3v) is 5.49. The summed E-state index contributed by atoms with van der Waals surface area (Å²) in [6.07, 6.45) is 9.49. The number of ether oxygens (including phenoxy) is 2. The molecule has 0 radical (unpaired) electrons. The van der Waals surface area contributed by atoms with Crippen molar-refractivity contribution in [2.45, 2.75) is 63.0 Å². The van der Waals surface area contributed by atoms with Crippen LogP contribution < -0.4 is 0 Å². The molecule has 114 valence electrons. The van der Waals surface area contributed by atoms with Gasteiger partial charge in [-0.3, -0.25) is 9.69 Å². The third-order valence-electron chi connectivity index (χ3n) is 5.49. The van der Waals surface area contributed by atoms with Gasteiger partial charge in [0.2, 0.25) is 0 Å². The van der Waals surface area contributed by atoms with Crippen LogP contribution in [-0.2, 0) is 14.3 Å². The lowest BCUT2D eigenvalue weighted by molar-refractivity contribution is -0.149.